The van der Waals surface area contributed by atoms with Gasteiger partial charge >= 0.3 is 0 Å². The smallest absolute Gasteiger partial charge is 0.224 e. The van der Waals surface area contributed by atoms with Crippen LogP contribution in [0.1, 0.15) is 19.8 Å². The van der Waals surface area contributed by atoms with Crippen LogP contribution >= 0.6 is 0 Å². The number of para-hydroxylation sites is 1. The standard InChI is InChI=1S/C14H17NO2/c1-3-12(4-2)15-14(16)10-11-17-13-8-6-5-7-9-13/h1,5-9,12H,4,10-11H2,2H3,(H,15,16). The van der Waals surface area contributed by atoms with E-state index in [0.717, 1.165) is 12.2 Å². The Bertz CT molecular complexity index is 381. The maximum atomic E-state index is 11.5. The molecule has 0 bridgehead atoms. The first-order valence-corrected chi connectivity index (χ1v) is 5.69. The quantitative estimate of drug-likeness (QED) is 0.760. The molecule has 90 valence electrons. The molecular formula is C14H17NO2. The van der Waals surface area contributed by atoms with E-state index in [1.54, 1.807) is 0 Å². The molecule has 0 aromatic heterocycles. The third-order valence-corrected chi connectivity index (χ3v) is 2.29. The van der Waals surface area contributed by atoms with E-state index < -0.39 is 0 Å². The number of amides is 1. The lowest BCUT2D eigenvalue weighted by molar-refractivity contribution is -0.121. The summed E-state index contributed by atoms with van der Waals surface area (Å²) in [5, 5.41) is 2.75. The molecule has 0 aliphatic heterocycles. The third-order valence-electron chi connectivity index (χ3n) is 2.29. The van der Waals surface area contributed by atoms with Crippen molar-refractivity contribution in [2.45, 2.75) is 25.8 Å². The first-order valence-electron chi connectivity index (χ1n) is 5.69. The van der Waals surface area contributed by atoms with Crippen LogP contribution in [0.25, 0.3) is 0 Å². The second-order valence-corrected chi connectivity index (χ2v) is 3.61. The fourth-order valence-corrected chi connectivity index (χ4v) is 1.31. The Morgan fingerprint density at radius 2 is 2.18 bits per heavy atom. The molecule has 1 aromatic rings. The summed E-state index contributed by atoms with van der Waals surface area (Å²) in [6.07, 6.45) is 6.31. The number of terminal acetylenes is 1. The highest BCUT2D eigenvalue weighted by molar-refractivity contribution is 5.76. The molecular weight excluding hydrogens is 214 g/mol. The van der Waals surface area contributed by atoms with Gasteiger partial charge in [-0.1, -0.05) is 31.0 Å². The number of hydrogen-bond acceptors (Lipinski definition) is 2. The molecule has 3 nitrogen and oxygen atoms in total. The summed E-state index contributed by atoms with van der Waals surface area (Å²) in [6.45, 7) is 2.29. The van der Waals surface area contributed by atoms with Crippen LogP contribution in [0.2, 0.25) is 0 Å². The fourth-order valence-electron chi connectivity index (χ4n) is 1.31. The minimum Gasteiger partial charge on any atom is -0.493 e. The predicted octanol–water partition coefficient (Wildman–Crippen LogP) is 1.98. The van der Waals surface area contributed by atoms with Gasteiger partial charge in [0, 0.05) is 0 Å². The van der Waals surface area contributed by atoms with Gasteiger partial charge < -0.3 is 10.1 Å². The topological polar surface area (TPSA) is 38.3 Å². The van der Waals surface area contributed by atoms with Crippen LogP contribution in [0.3, 0.4) is 0 Å². The molecule has 3 heteroatoms. The Morgan fingerprint density at radius 1 is 1.47 bits per heavy atom. The van der Waals surface area contributed by atoms with Gasteiger partial charge in [0.1, 0.15) is 5.75 Å². The summed E-state index contributed by atoms with van der Waals surface area (Å²) >= 11 is 0. The summed E-state index contributed by atoms with van der Waals surface area (Å²) in [7, 11) is 0. The number of rotatable bonds is 6. The second kappa shape index (κ2) is 7.34. The van der Waals surface area contributed by atoms with E-state index in [9.17, 15) is 4.79 Å². The molecule has 0 radical (unpaired) electrons. The lowest BCUT2D eigenvalue weighted by atomic mass is 10.2. The highest BCUT2D eigenvalue weighted by Gasteiger charge is 2.07. The Hall–Kier alpha value is -1.95. The molecule has 0 aliphatic rings. The van der Waals surface area contributed by atoms with E-state index in [-0.39, 0.29) is 11.9 Å². The van der Waals surface area contributed by atoms with Crippen molar-refractivity contribution in [3.8, 4) is 18.1 Å². The largest absolute Gasteiger partial charge is 0.493 e. The summed E-state index contributed by atoms with van der Waals surface area (Å²) < 4.78 is 5.41. The normalized spacial score (nSPS) is 11.3. The highest BCUT2D eigenvalue weighted by Crippen LogP contribution is 2.08. The molecule has 0 saturated carbocycles. The van der Waals surface area contributed by atoms with Gasteiger partial charge in [-0.2, -0.15) is 0 Å². The molecule has 1 N–H and O–H groups in total. The lowest BCUT2D eigenvalue weighted by Gasteiger charge is -2.11. The zero-order chi connectivity index (χ0) is 12.5. The summed E-state index contributed by atoms with van der Waals surface area (Å²) in [6, 6.07) is 9.22. The van der Waals surface area contributed by atoms with Crippen LogP contribution in [-0.4, -0.2) is 18.6 Å². The first-order chi connectivity index (χ1) is 8.26. The molecule has 0 heterocycles. The number of benzene rings is 1. The maximum Gasteiger partial charge on any atom is 0.224 e. The molecule has 0 aliphatic carbocycles. The second-order valence-electron chi connectivity index (χ2n) is 3.61. The van der Waals surface area contributed by atoms with Gasteiger partial charge in [-0.15, -0.1) is 6.42 Å². The van der Waals surface area contributed by atoms with E-state index in [1.807, 2.05) is 37.3 Å². The van der Waals surface area contributed by atoms with Gasteiger partial charge in [0.2, 0.25) is 5.91 Å². The van der Waals surface area contributed by atoms with Crippen LogP contribution < -0.4 is 10.1 Å². The molecule has 0 saturated heterocycles. The van der Waals surface area contributed by atoms with E-state index in [1.165, 1.54) is 0 Å². The van der Waals surface area contributed by atoms with Gasteiger partial charge in [-0.25, -0.2) is 0 Å². The molecule has 17 heavy (non-hydrogen) atoms. The number of carbonyl (C=O) groups excluding carboxylic acids is 1. The fraction of sp³-hybridized carbons (Fsp3) is 0.357. The zero-order valence-corrected chi connectivity index (χ0v) is 9.98. The number of carbonyl (C=O) groups is 1. The van der Waals surface area contributed by atoms with Crippen LogP contribution in [0, 0.1) is 12.3 Å². The van der Waals surface area contributed by atoms with Crippen LogP contribution in [0.5, 0.6) is 5.75 Å². The Balaban J connectivity index is 2.23. The van der Waals surface area contributed by atoms with Crippen molar-refractivity contribution in [1.82, 2.24) is 5.32 Å². The van der Waals surface area contributed by atoms with Crippen molar-refractivity contribution in [3.63, 3.8) is 0 Å². The summed E-state index contributed by atoms with van der Waals surface area (Å²) in [4.78, 5) is 11.5. The Kier molecular flexibility index (Phi) is 5.67. The summed E-state index contributed by atoms with van der Waals surface area (Å²) in [5.41, 5.74) is 0. The first kappa shape index (κ1) is 13.1. The molecule has 1 unspecified atom stereocenters. The number of ether oxygens (including phenoxy) is 1. The van der Waals surface area contributed by atoms with Crippen molar-refractivity contribution < 1.29 is 9.53 Å². The van der Waals surface area contributed by atoms with E-state index in [2.05, 4.69) is 11.2 Å². The van der Waals surface area contributed by atoms with Gasteiger partial charge in [0.15, 0.2) is 0 Å². The lowest BCUT2D eigenvalue weighted by Crippen LogP contribution is -2.33. The molecule has 1 atom stereocenters. The molecule has 1 rings (SSSR count). The monoisotopic (exact) mass is 231 g/mol. The average Bonchev–Trinajstić information content (AvgIpc) is 2.37. The minimum atomic E-state index is -0.181. The van der Waals surface area contributed by atoms with Gasteiger partial charge in [-0.3, -0.25) is 4.79 Å². The van der Waals surface area contributed by atoms with Crippen molar-refractivity contribution in [3.05, 3.63) is 30.3 Å². The van der Waals surface area contributed by atoms with Crippen molar-refractivity contribution in [2.24, 2.45) is 0 Å². The van der Waals surface area contributed by atoms with Crippen molar-refractivity contribution in [1.29, 1.82) is 0 Å². The predicted molar refractivity (Wildman–Crippen MR) is 67.6 cm³/mol. The van der Waals surface area contributed by atoms with E-state index >= 15 is 0 Å². The SMILES string of the molecule is C#CC(CC)NC(=O)CCOc1ccccc1. The van der Waals surface area contributed by atoms with E-state index in [4.69, 9.17) is 11.2 Å². The summed E-state index contributed by atoms with van der Waals surface area (Å²) in [5.74, 6) is 3.21. The molecule has 0 spiro atoms. The van der Waals surface area contributed by atoms with Crippen molar-refractivity contribution >= 4 is 5.91 Å². The van der Waals surface area contributed by atoms with E-state index in [0.29, 0.717) is 13.0 Å². The van der Waals surface area contributed by atoms with Crippen LogP contribution in [-0.2, 0) is 4.79 Å². The molecule has 1 aromatic carbocycles. The number of hydrogen-bond donors (Lipinski definition) is 1. The minimum absolute atomic E-state index is 0.0780. The van der Waals surface area contributed by atoms with Gasteiger partial charge in [-0.05, 0) is 18.6 Å². The highest BCUT2D eigenvalue weighted by atomic mass is 16.5. The van der Waals surface area contributed by atoms with Crippen molar-refractivity contribution in [2.75, 3.05) is 6.61 Å². The average molecular weight is 231 g/mol. The van der Waals surface area contributed by atoms with Gasteiger partial charge in [0.25, 0.3) is 0 Å². The van der Waals surface area contributed by atoms with Gasteiger partial charge in [0.05, 0.1) is 19.1 Å². The maximum absolute atomic E-state index is 11.5. The number of nitrogens with one attached hydrogen (secondary N) is 1. The molecule has 0 fully saturated rings. The van der Waals surface area contributed by atoms with Crippen LogP contribution in [0.15, 0.2) is 30.3 Å². The third kappa shape index (κ3) is 5.07. The zero-order valence-electron chi connectivity index (χ0n) is 9.98. The molecule has 1 amide bonds. The Morgan fingerprint density at radius 3 is 2.76 bits per heavy atom. The van der Waals surface area contributed by atoms with Crippen LogP contribution in [0.4, 0.5) is 0 Å². The Labute approximate surface area is 102 Å².